The summed E-state index contributed by atoms with van der Waals surface area (Å²) in [5.41, 5.74) is 1.50. The highest BCUT2D eigenvalue weighted by atomic mass is 35.5. The molecule has 0 bridgehead atoms. The second kappa shape index (κ2) is 5.27. The van der Waals surface area contributed by atoms with Crippen LogP contribution >= 0.6 is 11.6 Å². The summed E-state index contributed by atoms with van der Waals surface area (Å²) in [6.45, 7) is 3.31. The van der Waals surface area contributed by atoms with Gasteiger partial charge in [-0.1, -0.05) is 29.8 Å². The fourth-order valence-corrected chi connectivity index (χ4v) is 2.17. The molecule has 0 heterocycles. The summed E-state index contributed by atoms with van der Waals surface area (Å²) >= 11 is 6.10. The van der Waals surface area contributed by atoms with Crippen molar-refractivity contribution in [2.45, 2.75) is 20.0 Å². The molecule has 0 aliphatic heterocycles. The van der Waals surface area contributed by atoms with Crippen LogP contribution in [0.3, 0.4) is 0 Å². The van der Waals surface area contributed by atoms with E-state index in [2.05, 4.69) is 0 Å². The Morgan fingerprint density at radius 3 is 2.37 bits per heavy atom. The lowest BCUT2D eigenvalue weighted by Crippen LogP contribution is -2.05. The van der Waals surface area contributed by atoms with Gasteiger partial charge in [-0.3, -0.25) is 0 Å². The number of halogens is 3. The van der Waals surface area contributed by atoms with E-state index in [0.717, 1.165) is 11.6 Å². The molecule has 0 amide bonds. The van der Waals surface area contributed by atoms with E-state index in [1.807, 2.05) is 0 Å². The zero-order valence-electron chi connectivity index (χ0n) is 10.5. The Morgan fingerprint density at radius 1 is 1.00 bits per heavy atom. The molecule has 0 aliphatic carbocycles. The minimum atomic E-state index is -1.22. The summed E-state index contributed by atoms with van der Waals surface area (Å²) in [5.74, 6) is -1.42. The van der Waals surface area contributed by atoms with Crippen molar-refractivity contribution < 1.29 is 13.9 Å². The third kappa shape index (κ3) is 2.62. The van der Waals surface area contributed by atoms with Gasteiger partial charge in [0, 0.05) is 22.2 Å². The monoisotopic (exact) mass is 282 g/mol. The summed E-state index contributed by atoms with van der Waals surface area (Å²) in [7, 11) is 0. The van der Waals surface area contributed by atoms with Crippen LogP contribution in [0.2, 0.25) is 5.02 Å². The largest absolute Gasteiger partial charge is 0.383 e. The molecule has 0 aromatic heterocycles. The third-order valence-electron chi connectivity index (χ3n) is 3.09. The number of rotatable bonds is 2. The van der Waals surface area contributed by atoms with Gasteiger partial charge in [0.1, 0.15) is 17.7 Å². The standard InChI is InChI=1S/C15H13ClF2O/c1-8-4-3-5-10(14(8)16)15(19)11-6-9(2)12(17)7-13(11)18/h3-7,15,19H,1-2H3. The summed E-state index contributed by atoms with van der Waals surface area (Å²) in [4.78, 5) is 0. The van der Waals surface area contributed by atoms with E-state index in [4.69, 9.17) is 11.6 Å². The Kier molecular flexibility index (Phi) is 3.88. The van der Waals surface area contributed by atoms with Crippen molar-refractivity contribution in [3.8, 4) is 0 Å². The second-order valence-corrected chi connectivity index (χ2v) is 4.88. The minimum Gasteiger partial charge on any atom is -0.383 e. The molecular weight excluding hydrogens is 270 g/mol. The van der Waals surface area contributed by atoms with Gasteiger partial charge in [0.25, 0.3) is 0 Å². The molecule has 2 rings (SSSR count). The van der Waals surface area contributed by atoms with Crippen LogP contribution in [0, 0.1) is 25.5 Å². The topological polar surface area (TPSA) is 20.2 Å². The maximum Gasteiger partial charge on any atom is 0.132 e. The average Bonchev–Trinajstić information content (AvgIpc) is 2.36. The molecule has 100 valence electrons. The van der Waals surface area contributed by atoms with Gasteiger partial charge >= 0.3 is 0 Å². The number of aliphatic hydroxyl groups excluding tert-OH is 1. The Balaban J connectivity index is 2.53. The molecule has 1 unspecified atom stereocenters. The lowest BCUT2D eigenvalue weighted by Gasteiger charge is -2.16. The van der Waals surface area contributed by atoms with E-state index < -0.39 is 17.7 Å². The predicted molar refractivity (Wildman–Crippen MR) is 71.3 cm³/mol. The van der Waals surface area contributed by atoms with Crippen LogP contribution in [-0.2, 0) is 0 Å². The molecule has 4 heteroatoms. The third-order valence-corrected chi connectivity index (χ3v) is 3.61. The minimum absolute atomic E-state index is 0.0198. The first-order valence-electron chi connectivity index (χ1n) is 5.80. The number of aryl methyl sites for hydroxylation is 2. The number of aliphatic hydroxyl groups is 1. The molecule has 1 atom stereocenters. The van der Waals surface area contributed by atoms with Crippen LogP contribution in [-0.4, -0.2) is 5.11 Å². The van der Waals surface area contributed by atoms with Gasteiger partial charge in [-0.15, -0.1) is 0 Å². The normalized spacial score (nSPS) is 12.5. The van der Waals surface area contributed by atoms with Crippen LogP contribution in [0.4, 0.5) is 8.78 Å². The smallest absolute Gasteiger partial charge is 0.132 e. The quantitative estimate of drug-likeness (QED) is 0.870. The van der Waals surface area contributed by atoms with E-state index >= 15 is 0 Å². The predicted octanol–water partition coefficient (Wildman–Crippen LogP) is 4.32. The Labute approximate surface area is 115 Å². The van der Waals surface area contributed by atoms with Crippen molar-refractivity contribution in [3.63, 3.8) is 0 Å². The van der Waals surface area contributed by atoms with Gasteiger partial charge in [0.15, 0.2) is 0 Å². The Bertz CT molecular complexity index is 626. The molecular formula is C15H13ClF2O. The summed E-state index contributed by atoms with van der Waals surface area (Å²) in [5, 5.41) is 10.6. The lowest BCUT2D eigenvalue weighted by atomic mass is 9.98. The van der Waals surface area contributed by atoms with Gasteiger partial charge < -0.3 is 5.11 Å². The van der Waals surface area contributed by atoms with Gasteiger partial charge in [-0.2, -0.15) is 0 Å². The molecule has 0 fully saturated rings. The molecule has 1 nitrogen and oxygen atoms in total. The molecule has 2 aromatic carbocycles. The summed E-state index contributed by atoms with van der Waals surface area (Å²) in [6, 6.07) is 7.22. The Morgan fingerprint density at radius 2 is 1.68 bits per heavy atom. The van der Waals surface area contributed by atoms with Crippen LogP contribution in [0.15, 0.2) is 30.3 Å². The molecule has 2 aromatic rings. The van der Waals surface area contributed by atoms with Gasteiger partial charge in [-0.25, -0.2) is 8.78 Å². The first-order valence-corrected chi connectivity index (χ1v) is 6.18. The molecule has 0 saturated carbocycles. The van der Waals surface area contributed by atoms with Gasteiger partial charge in [-0.05, 0) is 31.0 Å². The lowest BCUT2D eigenvalue weighted by molar-refractivity contribution is 0.214. The van der Waals surface area contributed by atoms with Crippen molar-refractivity contribution >= 4 is 11.6 Å². The molecule has 0 radical (unpaired) electrons. The highest BCUT2D eigenvalue weighted by molar-refractivity contribution is 6.32. The van der Waals surface area contributed by atoms with Crippen molar-refractivity contribution in [3.05, 3.63) is 69.2 Å². The first-order chi connectivity index (χ1) is 8.91. The van der Waals surface area contributed by atoms with E-state index in [0.29, 0.717) is 10.6 Å². The maximum atomic E-state index is 13.8. The van der Waals surface area contributed by atoms with Gasteiger partial charge in [0.05, 0.1) is 0 Å². The van der Waals surface area contributed by atoms with Crippen molar-refractivity contribution in [2.75, 3.05) is 0 Å². The van der Waals surface area contributed by atoms with Crippen LogP contribution in [0.5, 0.6) is 0 Å². The van der Waals surface area contributed by atoms with E-state index in [-0.39, 0.29) is 11.1 Å². The van der Waals surface area contributed by atoms with Crippen molar-refractivity contribution in [1.29, 1.82) is 0 Å². The van der Waals surface area contributed by atoms with Crippen LogP contribution < -0.4 is 0 Å². The number of benzene rings is 2. The second-order valence-electron chi connectivity index (χ2n) is 4.50. The summed E-state index contributed by atoms with van der Waals surface area (Å²) < 4.78 is 27.0. The van der Waals surface area contributed by atoms with Crippen LogP contribution in [0.1, 0.15) is 28.4 Å². The fraction of sp³-hybridized carbons (Fsp3) is 0.200. The fourth-order valence-electron chi connectivity index (χ4n) is 1.94. The maximum absolute atomic E-state index is 13.8. The first kappa shape index (κ1) is 14.0. The highest BCUT2D eigenvalue weighted by Crippen LogP contribution is 2.32. The molecule has 0 saturated heterocycles. The van der Waals surface area contributed by atoms with Crippen molar-refractivity contribution in [1.82, 2.24) is 0 Å². The van der Waals surface area contributed by atoms with Gasteiger partial charge in [0.2, 0.25) is 0 Å². The Hall–Kier alpha value is -1.45. The zero-order chi connectivity index (χ0) is 14.2. The van der Waals surface area contributed by atoms with E-state index in [1.165, 1.54) is 13.0 Å². The molecule has 0 aliphatic rings. The van der Waals surface area contributed by atoms with Crippen LogP contribution in [0.25, 0.3) is 0 Å². The average molecular weight is 283 g/mol. The van der Waals surface area contributed by atoms with Crippen molar-refractivity contribution in [2.24, 2.45) is 0 Å². The highest BCUT2D eigenvalue weighted by Gasteiger charge is 2.19. The zero-order valence-corrected chi connectivity index (χ0v) is 11.3. The molecule has 19 heavy (non-hydrogen) atoms. The number of hydrogen-bond acceptors (Lipinski definition) is 1. The summed E-state index contributed by atoms with van der Waals surface area (Å²) in [6.07, 6.45) is -1.22. The number of hydrogen-bond donors (Lipinski definition) is 1. The van der Waals surface area contributed by atoms with E-state index in [9.17, 15) is 13.9 Å². The SMILES string of the molecule is Cc1cc(C(O)c2cccc(C)c2Cl)c(F)cc1F. The molecule has 1 N–H and O–H groups in total. The molecule has 0 spiro atoms. The van der Waals surface area contributed by atoms with E-state index in [1.54, 1.807) is 25.1 Å².